The molecule has 1 aromatic heterocycles. The molecule has 194 valence electrons. The molecule has 0 saturated carbocycles. The summed E-state index contributed by atoms with van der Waals surface area (Å²) in [6.45, 7) is 0.486. The van der Waals surface area contributed by atoms with E-state index >= 15 is 0 Å². The number of anilines is 1. The van der Waals surface area contributed by atoms with Gasteiger partial charge in [0.15, 0.2) is 0 Å². The summed E-state index contributed by atoms with van der Waals surface area (Å²) < 4.78 is 56.7. The minimum Gasteiger partial charge on any atom is -0.495 e. The lowest BCUT2D eigenvalue weighted by Crippen LogP contribution is -2.55. The van der Waals surface area contributed by atoms with E-state index in [1.807, 2.05) is 0 Å². The molecule has 1 heterocycles. The highest BCUT2D eigenvalue weighted by Gasteiger charge is 2.27. The molecule has 0 unspecified atom stereocenters. The summed E-state index contributed by atoms with van der Waals surface area (Å²) in [6.07, 6.45) is 1.10. The number of hydrogen-bond donors (Lipinski definition) is 2. The van der Waals surface area contributed by atoms with Crippen molar-refractivity contribution in [1.82, 2.24) is 5.32 Å². The monoisotopic (exact) mass is 528 g/mol. The molecule has 0 spiro atoms. The number of rotatable bonds is 9. The van der Waals surface area contributed by atoms with Crippen LogP contribution in [-0.2, 0) is 10.0 Å². The van der Waals surface area contributed by atoms with E-state index in [1.54, 1.807) is 36.4 Å². The molecule has 0 aliphatic rings. The van der Waals surface area contributed by atoms with Crippen molar-refractivity contribution in [2.45, 2.75) is 0 Å². The van der Waals surface area contributed by atoms with Crippen LogP contribution in [0.25, 0.3) is 22.3 Å². The minimum absolute atomic E-state index is 0.145. The molecule has 0 saturated heterocycles. The molecular formula is C26H27FN3O6S+. The molecule has 11 heteroatoms. The van der Waals surface area contributed by atoms with Crippen molar-refractivity contribution >= 4 is 32.6 Å². The summed E-state index contributed by atoms with van der Waals surface area (Å²) in [4.78, 5) is 12.9. The molecule has 0 fully saturated rings. The Balaban J connectivity index is 1.81. The Morgan fingerprint density at radius 1 is 1.08 bits per heavy atom. The molecule has 0 atom stereocenters. The van der Waals surface area contributed by atoms with Crippen molar-refractivity contribution < 1.29 is 37.2 Å². The normalized spacial score (nSPS) is 11.4. The van der Waals surface area contributed by atoms with E-state index in [0.29, 0.717) is 40.3 Å². The van der Waals surface area contributed by atoms with Gasteiger partial charge in [0.2, 0.25) is 10.0 Å². The fraction of sp³-hybridized carbons (Fsp3) is 0.192. The van der Waals surface area contributed by atoms with Crippen molar-refractivity contribution in [3.05, 3.63) is 72.0 Å². The lowest BCUT2D eigenvalue weighted by Gasteiger charge is -2.22. The maximum atomic E-state index is 13.2. The van der Waals surface area contributed by atoms with Gasteiger partial charge in [-0.15, -0.1) is 0 Å². The Labute approximate surface area is 213 Å². The third kappa shape index (κ3) is 5.37. The van der Waals surface area contributed by atoms with E-state index in [-0.39, 0.29) is 35.3 Å². The van der Waals surface area contributed by atoms with E-state index in [0.717, 1.165) is 6.26 Å². The zero-order chi connectivity index (χ0) is 26.7. The highest BCUT2D eigenvalue weighted by Crippen LogP contribution is 2.41. The zero-order valence-electron chi connectivity index (χ0n) is 20.6. The maximum Gasteiger partial charge on any atom is 0.255 e. The van der Waals surface area contributed by atoms with Gasteiger partial charge in [-0.05, 0) is 54.6 Å². The van der Waals surface area contributed by atoms with Gasteiger partial charge in [0.1, 0.15) is 34.4 Å². The first kappa shape index (κ1) is 26.0. The lowest BCUT2D eigenvalue weighted by atomic mass is 10.0. The highest BCUT2D eigenvalue weighted by atomic mass is 32.2. The van der Waals surface area contributed by atoms with Crippen LogP contribution in [-0.4, -0.2) is 47.8 Å². The Morgan fingerprint density at radius 2 is 1.70 bits per heavy atom. The average molecular weight is 529 g/mol. The number of nitrogens with one attached hydrogen (secondary N) is 1. The van der Waals surface area contributed by atoms with Crippen LogP contribution < -0.4 is 24.8 Å². The molecule has 37 heavy (non-hydrogen) atoms. The lowest BCUT2D eigenvalue weighted by molar-refractivity contribution is -0.363. The average Bonchev–Trinajstić information content (AvgIpc) is 3.25. The second-order valence-electron chi connectivity index (χ2n) is 8.17. The van der Waals surface area contributed by atoms with Gasteiger partial charge in [0.05, 0.1) is 37.7 Å². The first-order valence-electron chi connectivity index (χ1n) is 11.3. The number of halogens is 1. The zero-order valence-corrected chi connectivity index (χ0v) is 21.4. The molecule has 0 bridgehead atoms. The first-order valence-corrected chi connectivity index (χ1v) is 13.2. The SMILES string of the molecule is CNC(=O)c1c(-c2ccc(Oc3ccc(F)cc3)cc2)oc2cc(N(CC[NH3+])S(C)(=O)=O)c(OC)cc12. The van der Waals surface area contributed by atoms with Crippen LogP contribution in [0.1, 0.15) is 10.4 Å². The van der Waals surface area contributed by atoms with Crippen molar-refractivity contribution in [3.63, 3.8) is 0 Å². The van der Waals surface area contributed by atoms with Gasteiger partial charge < -0.3 is 24.9 Å². The van der Waals surface area contributed by atoms with Gasteiger partial charge in [-0.1, -0.05) is 0 Å². The number of benzene rings is 3. The Hall–Kier alpha value is -4.09. The molecule has 0 radical (unpaired) electrons. The largest absolute Gasteiger partial charge is 0.495 e. The summed E-state index contributed by atoms with van der Waals surface area (Å²) in [5, 5.41) is 3.09. The Bertz CT molecular complexity index is 1530. The third-order valence-electron chi connectivity index (χ3n) is 5.64. The molecular weight excluding hydrogens is 501 g/mol. The van der Waals surface area contributed by atoms with Gasteiger partial charge in [-0.3, -0.25) is 9.10 Å². The number of furan rings is 1. The Kier molecular flexibility index (Phi) is 7.37. The fourth-order valence-corrected chi connectivity index (χ4v) is 4.91. The number of amides is 1. The Morgan fingerprint density at radius 3 is 2.24 bits per heavy atom. The van der Waals surface area contributed by atoms with Crippen LogP contribution >= 0.6 is 0 Å². The van der Waals surface area contributed by atoms with Crippen LogP contribution in [0.5, 0.6) is 17.2 Å². The van der Waals surface area contributed by atoms with E-state index in [4.69, 9.17) is 13.9 Å². The summed E-state index contributed by atoms with van der Waals surface area (Å²) in [5.74, 6) is 0.806. The topological polar surface area (TPSA) is 126 Å². The summed E-state index contributed by atoms with van der Waals surface area (Å²) in [7, 11) is -0.697. The van der Waals surface area contributed by atoms with E-state index < -0.39 is 10.0 Å². The maximum absolute atomic E-state index is 13.2. The smallest absolute Gasteiger partial charge is 0.255 e. The van der Waals surface area contributed by atoms with E-state index in [9.17, 15) is 17.6 Å². The van der Waals surface area contributed by atoms with E-state index in [1.165, 1.54) is 42.7 Å². The number of nitrogens with zero attached hydrogens (tertiary/aromatic N) is 1. The molecule has 4 rings (SSSR count). The molecule has 4 aromatic rings. The highest BCUT2D eigenvalue weighted by molar-refractivity contribution is 7.92. The number of hydrogen-bond acceptors (Lipinski definition) is 6. The second kappa shape index (κ2) is 10.5. The number of sulfonamides is 1. The van der Waals surface area contributed by atoms with Gasteiger partial charge in [0, 0.05) is 24.1 Å². The van der Waals surface area contributed by atoms with Crippen LogP contribution in [0.3, 0.4) is 0 Å². The van der Waals surface area contributed by atoms with Gasteiger partial charge in [-0.2, -0.15) is 0 Å². The number of methoxy groups -OCH3 is 1. The molecule has 9 nitrogen and oxygen atoms in total. The molecule has 0 aliphatic heterocycles. The van der Waals surface area contributed by atoms with Crippen LogP contribution in [0, 0.1) is 5.82 Å². The predicted molar refractivity (Wildman–Crippen MR) is 138 cm³/mol. The minimum atomic E-state index is -3.63. The number of quaternary nitrogens is 1. The summed E-state index contributed by atoms with van der Waals surface area (Å²) in [5.41, 5.74) is 5.23. The number of carbonyl (C=O) groups is 1. The van der Waals surface area contributed by atoms with Crippen molar-refractivity contribution in [3.8, 4) is 28.6 Å². The fourth-order valence-electron chi connectivity index (χ4n) is 3.95. The molecule has 4 N–H and O–H groups in total. The standard InChI is InChI=1S/C26H26FN3O6S/c1-29-26(31)24-20-14-23(34-2)21(30(13-12-28)37(3,32)33)15-22(20)36-25(24)16-4-8-18(9-5-16)35-19-10-6-17(27)7-11-19/h4-11,14-15H,12-13,28H2,1-3H3,(H,29,31)/p+1. The summed E-state index contributed by atoms with van der Waals surface area (Å²) >= 11 is 0. The third-order valence-corrected chi connectivity index (χ3v) is 6.82. The van der Waals surface area contributed by atoms with Crippen molar-refractivity contribution in [2.75, 3.05) is 37.8 Å². The molecule has 3 aromatic carbocycles. The van der Waals surface area contributed by atoms with Crippen molar-refractivity contribution in [1.29, 1.82) is 0 Å². The molecule has 0 aliphatic carbocycles. The summed E-state index contributed by atoms with van der Waals surface area (Å²) in [6, 6.07) is 15.6. The van der Waals surface area contributed by atoms with Crippen LogP contribution in [0.4, 0.5) is 10.1 Å². The van der Waals surface area contributed by atoms with Gasteiger partial charge >= 0.3 is 0 Å². The van der Waals surface area contributed by atoms with Crippen LogP contribution in [0.15, 0.2) is 65.1 Å². The first-order chi connectivity index (χ1) is 17.7. The number of carbonyl (C=O) groups excluding carboxylic acids is 1. The van der Waals surface area contributed by atoms with Gasteiger partial charge in [-0.25, -0.2) is 12.8 Å². The predicted octanol–water partition coefficient (Wildman–Crippen LogP) is 3.41. The quantitative estimate of drug-likeness (QED) is 0.343. The number of fused-ring (bicyclic) bond motifs is 1. The van der Waals surface area contributed by atoms with Gasteiger partial charge in [0.25, 0.3) is 5.91 Å². The van der Waals surface area contributed by atoms with E-state index in [2.05, 4.69) is 11.1 Å². The second-order valence-corrected chi connectivity index (χ2v) is 10.1. The van der Waals surface area contributed by atoms with Crippen molar-refractivity contribution in [2.24, 2.45) is 0 Å². The number of ether oxygens (including phenoxy) is 2. The van der Waals surface area contributed by atoms with Crippen LogP contribution in [0.2, 0.25) is 0 Å². The molecule has 1 amide bonds.